The van der Waals surface area contributed by atoms with Crippen LogP contribution in [0.3, 0.4) is 0 Å². The Balaban J connectivity index is 2.40. The van der Waals surface area contributed by atoms with Crippen LogP contribution < -0.4 is 5.32 Å². The van der Waals surface area contributed by atoms with Crippen molar-refractivity contribution in [3.8, 4) is 0 Å². The summed E-state index contributed by atoms with van der Waals surface area (Å²) in [7, 11) is -3.95. The lowest BCUT2D eigenvalue weighted by atomic mass is 10.1. The molecule has 2 aromatic rings. The minimum atomic E-state index is -4.66. The van der Waals surface area contributed by atoms with Crippen LogP contribution in [-0.4, -0.2) is 31.7 Å². The van der Waals surface area contributed by atoms with Gasteiger partial charge in [0.1, 0.15) is 5.82 Å². The van der Waals surface area contributed by atoms with Crippen molar-refractivity contribution in [1.82, 2.24) is 4.31 Å². The van der Waals surface area contributed by atoms with E-state index in [-0.39, 0.29) is 28.1 Å². The number of halogens is 5. The Bertz CT molecular complexity index is 1020. The number of sulfonamides is 1. The second kappa shape index (κ2) is 8.80. The van der Waals surface area contributed by atoms with Gasteiger partial charge >= 0.3 is 6.18 Å². The van der Waals surface area contributed by atoms with E-state index in [1.165, 1.54) is 6.07 Å². The first-order valence-corrected chi connectivity index (χ1v) is 10.6. The number of nitrogens with zero attached hydrogens (tertiary/aromatic N) is 1. The van der Waals surface area contributed by atoms with E-state index >= 15 is 0 Å². The van der Waals surface area contributed by atoms with Gasteiger partial charge in [0.05, 0.1) is 16.0 Å². The Labute approximate surface area is 173 Å². The quantitative estimate of drug-likeness (QED) is 0.579. The molecule has 11 heteroatoms. The summed E-state index contributed by atoms with van der Waals surface area (Å²) in [5, 5.41) is 2.17. The lowest BCUT2D eigenvalue weighted by Crippen LogP contribution is -2.31. The highest BCUT2D eigenvalue weighted by Crippen LogP contribution is 2.36. The normalized spacial score (nSPS) is 12.3. The van der Waals surface area contributed by atoms with Crippen molar-refractivity contribution in [3.05, 3.63) is 57.8 Å². The second-order valence-electron chi connectivity index (χ2n) is 5.88. The van der Waals surface area contributed by atoms with Crippen LogP contribution in [-0.2, 0) is 16.2 Å². The zero-order valence-corrected chi connectivity index (χ0v) is 17.8. The highest BCUT2D eigenvalue weighted by molar-refractivity contribution is 9.10. The van der Waals surface area contributed by atoms with Crippen LogP contribution >= 0.6 is 15.9 Å². The fourth-order valence-corrected chi connectivity index (χ4v) is 4.53. The predicted octanol–water partition coefficient (Wildman–Crippen LogP) is 4.89. The van der Waals surface area contributed by atoms with Crippen LogP contribution in [0.1, 0.15) is 29.8 Å². The van der Waals surface area contributed by atoms with Crippen molar-refractivity contribution >= 4 is 37.5 Å². The van der Waals surface area contributed by atoms with E-state index < -0.39 is 39.1 Å². The van der Waals surface area contributed by atoms with E-state index in [9.17, 15) is 30.8 Å². The summed E-state index contributed by atoms with van der Waals surface area (Å²) in [5.41, 5.74) is -1.84. The summed E-state index contributed by atoms with van der Waals surface area (Å²) < 4.78 is 79.2. The molecule has 0 saturated heterocycles. The minimum Gasteiger partial charge on any atom is -0.322 e. The maximum absolute atomic E-state index is 14.2. The average molecular weight is 497 g/mol. The number of anilines is 1. The SMILES string of the molecule is CCN(CC)S(=O)(=O)c1ccc(F)c(C(=O)Nc2ccc(Br)c(C(F)(F)F)c2)c1. The van der Waals surface area contributed by atoms with Gasteiger partial charge in [-0.05, 0) is 36.4 Å². The smallest absolute Gasteiger partial charge is 0.322 e. The zero-order chi connectivity index (χ0) is 22.0. The molecule has 2 rings (SSSR count). The molecule has 0 atom stereocenters. The molecule has 0 radical (unpaired) electrons. The lowest BCUT2D eigenvalue weighted by Gasteiger charge is -2.19. The number of alkyl halides is 3. The molecule has 0 aliphatic carbocycles. The van der Waals surface area contributed by atoms with Gasteiger partial charge in [0.2, 0.25) is 10.0 Å². The molecule has 0 bridgehead atoms. The van der Waals surface area contributed by atoms with E-state index in [1.807, 2.05) is 0 Å². The maximum Gasteiger partial charge on any atom is 0.417 e. The number of amides is 1. The fraction of sp³-hybridized carbons (Fsp3) is 0.278. The molecule has 0 unspecified atom stereocenters. The number of hydrogen-bond acceptors (Lipinski definition) is 3. The third-order valence-electron chi connectivity index (χ3n) is 4.06. The highest BCUT2D eigenvalue weighted by atomic mass is 79.9. The number of carbonyl (C=O) groups is 1. The lowest BCUT2D eigenvalue weighted by molar-refractivity contribution is -0.138. The number of benzene rings is 2. The summed E-state index contributed by atoms with van der Waals surface area (Å²) in [4.78, 5) is 12.1. The van der Waals surface area contributed by atoms with Gasteiger partial charge in [-0.2, -0.15) is 17.5 Å². The first-order chi connectivity index (χ1) is 13.4. The Morgan fingerprint density at radius 1 is 1.10 bits per heavy atom. The van der Waals surface area contributed by atoms with E-state index in [2.05, 4.69) is 21.2 Å². The largest absolute Gasteiger partial charge is 0.417 e. The maximum atomic E-state index is 14.2. The molecule has 158 valence electrons. The van der Waals surface area contributed by atoms with Gasteiger partial charge in [-0.1, -0.05) is 29.8 Å². The molecule has 0 aliphatic rings. The Morgan fingerprint density at radius 2 is 1.72 bits per heavy atom. The molecule has 0 spiro atoms. The molecule has 2 aromatic carbocycles. The van der Waals surface area contributed by atoms with Gasteiger partial charge < -0.3 is 5.32 Å². The minimum absolute atomic E-state index is 0.177. The predicted molar refractivity (Wildman–Crippen MR) is 104 cm³/mol. The van der Waals surface area contributed by atoms with Crippen molar-refractivity contribution in [3.63, 3.8) is 0 Å². The topological polar surface area (TPSA) is 66.5 Å². The van der Waals surface area contributed by atoms with Crippen molar-refractivity contribution in [2.24, 2.45) is 0 Å². The van der Waals surface area contributed by atoms with Crippen molar-refractivity contribution in [2.75, 3.05) is 18.4 Å². The Hall–Kier alpha value is -1.98. The van der Waals surface area contributed by atoms with Gasteiger partial charge in [-0.3, -0.25) is 4.79 Å². The summed E-state index contributed by atoms with van der Waals surface area (Å²) >= 11 is 2.78. The van der Waals surface area contributed by atoms with Crippen LogP contribution in [0.4, 0.5) is 23.2 Å². The fourth-order valence-electron chi connectivity index (χ4n) is 2.57. The van der Waals surface area contributed by atoms with Crippen molar-refractivity contribution < 1.29 is 30.8 Å². The van der Waals surface area contributed by atoms with Gasteiger partial charge in [-0.15, -0.1) is 0 Å². The summed E-state index contributed by atoms with van der Waals surface area (Å²) in [6, 6.07) is 5.70. The standard InChI is InChI=1S/C18H17BrF4N2O3S/c1-3-25(4-2)29(27,28)12-6-8-16(20)13(10-12)17(26)24-11-5-7-15(19)14(9-11)18(21,22)23/h5-10H,3-4H2,1-2H3,(H,24,26). The molecule has 1 amide bonds. The number of carbonyl (C=O) groups excluding carboxylic acids is 1. The molecular weight excluding hydrogens is 480 g/mol. The van der Waals surface area contributed by atoms with Crippen molar-refractivity contribution in [2.45, 2.75) is 24.9 Å². The van der Waals surface area contributed by atoms with Gasteiger partial charge in [0.15, 0.2) is 0 Å². The third kappa shape index (κ3) is 5.14. The van der Waals surface area contributed by atoms with E-state index in [4.69, 9.17) is 0 Å². The monoisotopic (exact) mass is 496 g/mol. The van der Waals surface area contributed by atoms with Crippen LogP contribution in [0, 0.1) is 5.82 Å². The van der Waals surface area contributed by atoms with Gasteiger partial charge in [0, 0.05) is 23.2 Å². The summed E-state index contributed by atoms with van der Waals surface area (Å²) in [6.45, 7) is 3.61. The molecule has 0 aliphatic heterocycles. The number of rotatable bonds is 6. The van der Waals surface area contributed by atoms with Crippen LogP contribution in [0.5, 0.6) is 0 Å². The zero-order valence-electron chi connectivity index (χ0n) is 15.3. The second-order valence-corrected chi connectivity index (χ2v) is 8.67. The van der Waals surface area contributed by atoms with Crippen LogP contribution in [0.2, 0.25) is 0 Å². The molecule has 5 nitrogen and oxygen atoms in total. The molecule has 29 heavy (non-hydrogen) atoms. The van der Waals surface area contributed by atoms with E-state index in [0.717, 1.165) is 28.6 Å². The van der Waals surface area contributed by atoms with Gasteiger partial charge in [0.25, 0.3) is 5.91 Å². The van der Waals surface area contributed by atoms with Crippen molar-refractivity contribution in [1.29, 1.82) is 0 Å². The molecule has 1 N–H and O–H groups in total. The van der Waals surface area contributed by atoms with Crippen LogP contribution in [0.25, 0.3) is 0 Å². The molecule has 0 fully saturated rings. The Morgan fingerprint density at radius 3 is 2.28 bits per heavy atom. The molecule has 0 heterocycles. The first-order valence-electron chi connectivity index (χ1n) is 8.39. The third-order valence-corrected chi connectivity index (χ3v) is 6.79. The Kier molecular flexibility index (Phi) is 7.07. The first kappa shape index (κ1) is 23.3. The molecular formula is C18H17BrF4N2O3S. The molecule has 0 aromatic heterocycles. The van der Waals surface area contributed by atoms with Gasteiger partial charge in [-0.25, -0.2) is 12.8 Å². The summed E-state index contributed by atoms with van der Waals surface area (Å²) in [6.07, 6.45) is -4.66. The molecule has 0 saturated carbocycles. The number of hydrogen-bond donors (Lipinski definition) is 1. The van der Waals surface area contributed by atoms with E-state index in [1.54, 1.807) is 13.8 Å². The summed E-state index contributed by atoms with van der Waals surface area (Å²) in [5.74, 6) is -2.08. The average Bonchev–Trinajstić information content (AvgIpc) is 2.63. The number of nitrogens with one attached hydrogen (secondary N) is 1. The highest BCUT2D eigenvalue weighted by Gasteiger charge is 2.33. The van der Waals surface area contributed by atoms with E-state index in [0.29, 0.717) is 6.07 Å². The van der Waals surface area contributed by atoms with Crippen LogP contribution in [0.15, 0.2) is 45.8 Å².